The van der Waals surface area contributed by atoms with E-state index in [9.17, 15) is 14.7 Å². The minimum Gasteiger partial charge on any atom is -0.494 e. The molecule has 1 saturated heterocycles. The van der Waals surface area contributed by atoms with Gasteiger partial charge in [-0.25, -0.2) is 4.79 Å². The van der Waals surface area contributed by atoms with Gasteiger partial charge in [-0.1, -0.05) is 30.2 Å². The highest BCUT2D eigenvalue weighted by Gasteiger charge is 2.48. The number of imide groups is 1. The summed E-state index contributed by atoms with van der Waals surface area (Å²) in [6.45, 7) is 2.92. The van der Waals surface area contributed by atoms with Crippen molar-refractivity contribution in [3.8, 4) is 34.6 Å². The third-order valence-corrected chi connectivity index (χ3v) is 7.16. The van der Waals surface area contributed by atoms with Crippen molar-refractivity contribution in [2.75, 3.05) is 6.61 Å². The quantitative estimate of drug-likeness (QED) is 0.248. The highest BCUT2D eigenvalue weighted by atomic mass is 16.5. The zero-order valence-corrected chi connectivity index (χ0v) is 20.9. The molecular weight excluding hydrogens is 482 g/mol. The van der Waals surface area contributed by atoms with Crippen LogP contribution in [0, 0.1) is 17.8 Å². The molecule has 3 N–H and O–H groups in total. The summed E-state index contributed by atoms with van der Waals surface area (Å²) in [6.07, 6.45) is 8.14. The lowest BCUT2D eigenvalue weighted by atomic mass is 9.88. The normalized spacial score (nSPS) is 18.7. The number of fused-ring (bicyclic) bond motifs is 1. The van der Waals surface area contributed by atoms with Crippen molar-refractivity contribution in [1.82, 2.24) is 25.0 Å². The molecule has 0 spiro atoms. The van der Waals surface area contributed by atoms with Gasteiger partial charge in [0.15, 0.2) is 11.4 Å². The van der Waals surface area contributed by atoms with Gasteiger partial charge in [0.25, 0.3) is 5.91 Å². The number of nitrogens with one attached hydrogen (secondary N) is 2. The highest BCUT2D eigenvalue weighted by molar-refractivity contribution is 6.07. The van der Waals surface area contributed by atoms with Crippen LogP contribution in [0.5, 0.6) is 11.6 Å². The highest BCUT2D eigenvalue weighted by Crippen LogP contribution is 2.36. The van der Waals surface area contributed by atoms with Crippen LogP contribution in [-0.2, 0) is 23.4 Å². The van der Waals surface area contributed by atoms with E-state index in [1.165, 1.54) is 12.8 Å². The molecule has 9 heteroatoms. The molecule has 6 rings (SSSR count). The first-order valence-electron chi connectivity index (χ1n) is 12.6. The van der Waals surface area contributed by atoms with Crippen molar-refractivity contribution >= 4 is 22.7 Å². The molecule has 0 radical (unpaired) electrons. The van der Waals surface area contributed by atoms with Gasteiger partial charge in [0.2, 0.25) is 0 Å². The molecule has 192 valence electrons. The molecule has 2 aromatic carbocycles. The van der Waals surface area contributed by atoms with Crippen LogP contribution >= 0.6 is 0 Å². The summed E-state index contributed by atoms with van der Waals surface area (Å²) in [4.78, 5) is 25.5. The first kappa shape index (κ1) is 23.7. The SMILES string of the molecule is CC#CCOc1ccc2cn(C[C@@]3(c4ccc(-c5cnn(CC6CC6)c5)cc4)NC(=O)NC3=O)c(O)c2c1. The Balaban J connectivity index is 1.30. The Kier molecular flexibility index (Phi) is 5.80. The van der Waals surface area contributed by atoms with Crippen molar-refractivity contribution in [1.29, 1.82) is 0 Å². The summed E-state index contributed by atoms with van der Waals surface area (Å²) >= 11 is 0. The third-order valence-electron chi connectivity index (χ3n) is 7.16. The molecule has 1 aliphatic heterocycles. The number of ether oxygens (including phenoxy) is 1. The molecule has 3 amide bonds. The second-order valence-corrected chi connectivity index (χ2v) is 9.83. The number of aromatic hydroxyl groups is 1. The van der Waals surface area contributed by atoms with Crippen molar-refractivity contribution in [2.45, 2.75) is 38.4 Å². The third kappa shape index (κ3) is 4.34. The van der Waals surface area contributed by atoms with Gasteiger partial charge in [-0.05, 0) is 55.0 Å². The average Bonchev–Trinajstić information content (AvgIpc) is 3.40. The lowest BCUT2D eigenvalue weighted by Crippen LogP contribution is -2.47. The minimum atomic E-state index is -1.39. The van der Waals surface area contributed by atoms with Crippen molar-refractivity contribution in [2.24, 2.45) is 5.92 Å². The second kappa shape index (κ2) is 9.30. The maximum Gasteiger partial charge on any atom is 0.322 e. The number of amides is 3. The first-order chi connectivity index (χ1) is 18.4. The molecule has 4 aromatic rings. The molecule has 2 fully saturated rings. The molecule has 2 aromatic heterocycles. The van der Waals surface area contributed by atoms with E-state index in [1.54, 1.807) is 29.8 Å². The summed E-state index contributed by atoms with van der Waals surface area (Å²) in [6, 6.07) is 12.3. The first-order valence-corrected chi connectivity index (χ1v) is 12.6. The van der Waals surface area contributed by atoms with Crippen LogP contribution < -0.4 is 15.4 Å². The van der Waals surface area contributed by atoms with Gasteiger partial charge in [-0.3, -0.25) is 14.8 Å². The van der Waals surface area contributed by atoms with Gasteiger partial charge < -0.3 is 19.7 Å². The Morgan fingerprint density at radius 1 is 1.13 bits per heavy atom. The van der Waals surface area contributed by atoms with Crippen LogP contribution in [0.2, 0.25) is 0 Å². The number of carbonyl (C=O) groups excluding carboxylic acids is 2. The Morgan fingerprint density at radius 3 is 2.66 bits per heavy atom. The van der Waals surface area contributed by atoms with Crippen molar-refractivity contribution < 1.29 is 19.4 Å². The largest absolute Gasteiger partial charge is 0.494 e. The predicted octanol–water partition coefficient (Wildman–Crippen LogP) is 3.76. The van der Waals surface area contributed by atoms with E-state index in [0.29, 0.717) is 16.7 Å². The number of aromatic nitrogens is 3. The van der Waals surface area contributed by atoms with Crippen molar-refractivity contribution in [3.63, 3.8) is 0 Å². The van der Waals surface area contributed by atoms with Crippen LogP contribution in [0.4, 0.5) is 4.79 Å². The van der Waals surface area contributed by atoms with E-state index in [2.05, 4.69) is 27.6 Å². The molecule has 38 heavy (non-hydrogen) atoms. The number of carbonyl (C=O) groups is 2. The van der Waals surface area contributed by atoms with Gasteiger partial charge in [-0.2, -0.15) is 5.10 Å². The topological polar surface area (TPSA) is 110 Å². The van der Waals surface area contributed by atoms with E-state index in [4.69, 9.17) is 4.74 Å². The molecule has 0 unspecified atom stereocenters. The van der Waals surface area contributed by atoms with Gasteiger partial charge in [-0.15, -0.1) is 5.92 Å². The van der Waals surface area contributed by atoms with E-state index < -0.39 is 17.5 Å². The maximum atomic E-state index is 13.2. The number of hydrogen-bond acceptors (Lipinski definition) is 5. The second-order valence-electron chi connectivity index (χ2n) is 9.83. The van der Waals surface area contributed by atoms with Gasteiger partial charge in [0.1, 0.15) is 12.4 Å². The summed E-state index contributed by atoms with van der Waals surface area (Å²) in [7, 11) is 0. The molecule has 1 saturated carbocycles. The lowest BCUT2D eigenvalue weighted by Gasteiger charge is -2.27. The van der Waals surface area contributed by atoms with Crippen LogP contribution in [0.1, 0.15) is 25.3 Å². The van der Waals surface area contributed by atoms with E-state index in [0.717, 1.165) is 29.0 Å². The summed E-state index contributed by atoms with van der Waals surface area (Å²) in [5.74, 6) is 6.41. The standard InChI is InChI=1S/C29H27N5O4/c1-2-3-12-38-24-11-8-21-16-33(26(35)25(21)13-24)18-29(27(36)31-28(37)32-29)23-9-6-20(7-10-23)22-14-30-34(17-22)15-19-4-5-19/h6-11,13-14,16-17,19,35H,4-5,12,15,18H2,1H3,(H2,31,32,36,37)/t29-/m0/s1. The fourth-order valence-electron chi connectivity index (χ4n) is 4.90. The van der Waals surface area contributed by atoms with Gasteiger partial charge >= 0.3 is 6.03 Å². The summed E-state index contributed by atoms with van der Waals surface area (Å²) in [5.41, 5.74) is 1.16. The summed E-state index contributed by atoms with van der Waals surface area (Å²) < 4.78 is 9.17. The van der Waals surface area contributed by atoms with Crippen LogP contribution in [0.15, 0.2) is 61.1 Å². The zero-order valence-electron chi connectivity index (χ0n) is 20.9. The Labute approximate surface area is 219 Å². The summed E-state index contributed by atoms with van der Waals surface area (Å²) in [5, 5.41) is 22.0. The van der Waals surface area contributed by atoms with Gasteiger partial charge in [0, 0.05) is 35.3 Å². The number of rotatable bonds is 8. The molecule has 1 atom stereocenters. The number of benzene rings is 2. The Bertz CT molecular complexity index is 1600. The van der Waals surface area contributed by atoms with Crippen LogP contribution in [-0.4, -0.2) is 38.0 Å². The minimum absolute atomic E-state index is 0.00125. The smallest absolute Gasteiger partial charge is 0.322 e. The zero-order chi connectivity index (χ0) is 26.3. The van der Waals surface area contributed by atoms with Crippen LogP contribution in [0.25, 0.3) is 21.9 Å². The maximum absolute atomic E-state index is 13.2. The number of nitrogens with zero attached hydrogens (tertiary/aromatic N) is 3. The van der Waals surface area contributed by atoms with E-state index in [1.807, 2.05) is 47.4 Å². The molecule has 3 heterocycles. The van der Waals surface area contributed by atoms with Crippen molar-refractivity contribution in [3.05, 3.63) is 66.6 Å². The molecule has 2 aliphatic rings. The number of urea groups is 1. The van der Waals surface area contributed by atoms with Gasteiger partial charge in [0.05, 0.1) is 12.7 Å². The van der Waals surface area contributed by atoms with E-state index >= 15 is 0 Å². The Hall–Kier alpha value is -4.71. The molecular formula is C29H27N5O4. The predicted molar refractivity (Wildman–Crippen MR) is 141 cm³/mol. The average molecular weight is 510 g/mol. The monoisotopic (exact) mass is 509 g/mol. The van der Waals surface area contributed by atoms with E-state index in [-0.39, 0.29) is 19.0 Å². The lowest BCUT2D eigenvalue weighted by molar-refractivity contribution is -0.124. The molecule has 0 bridgehead atoms. The molecule has 1 aliphatic carbocycles. The fourth-order valence-corrected chi connectivity index (χ4v) is 4.90. The number of hydrogen-bond donors (Lipinski definition) is 3. The van der Waals surface area contributed by atoms with Crippen LogP contribution in [0.3, 0.4) is 0 Å². The Morgan fingerprint density at radius 2 is 1.95 bits per heavy atom. The fraction of sp³-hybridized carbons (Fsp3) is 0.276. The molecule has 9 nitrogen and oxygen atoms in total.